The number of amides is 2. The summed E-state index contributed by atoms with van der Waals surface area (Å²) in [4.78, 5) is 28.7. The van der Waals surface area contributed by atoms with Crippen LogP contribution in [0.3, 0.4) is 0 Å². The summed E-state index contributed by atoms with van der Waals surface area (Å²) >= 11 is 3.36. The van der Waals surface area contributed by atoms with Crippen LogP contribution >= 0.6 is 15.9 Å². The zero-order chi connectivity index (χ0) is 18.8. The van der Waals surface area contributed by atoms with Crippen molar-refractivity contribution in [2.24, 2.45) is 0 Å². The molecule has 9 heteroatoms. The Balaban J connectivity index is 2.09. The van der Waals surface area contributed by atoms with Crippen LogP contribution in [-0.4, -0.2) is 33.1 Å². The highest BCUT2D eigenvalue weighted by atomic mass is 79.9. The summed E-state index contributed by atoms with van der Waals surface area (Å²) in [6.45, 7) is 3.67. The van der Waals surface area contributed by atoms with Gasteiger partial charge in [0, 0.05) is 22.9 Å². The number of nitrogens with zero attached hydrogens (tertiary/aromatic N) is 2. The van der Waals surface area contributed by atoms with Crippen molar-refractivity contribution in [1.29, 1.82) is 5.41 Å². The van der Waals surface area contributed by atoms with Crippen molar-refractivity contribution in [3.8, 4) is 5.69 Å². The standard InChI is InChI=1S/C17H17BrN6O2/c1-9(2)21-17(26)22-15-12(7-19)14-13(8-20-15)16(25)24(23-14)11-5-3-10(18)4-6-11/h3-9,19,23H,1-2H3,(H2,20,21,22,26). The zero-order valence-corrected chi connectivity index (χ0v) is 15.7. The van der Waals surface area contributed by atoms with Gasteiger partial charge in [0.15, 0.2) is 0 Å². The number of benzene rings is 1. The number of pyridine rings is 1. The van der Waals surface area contributed by atoms with Gasteiger partial charge in [-0.3, -0.25) is 15.2 Å². The molecule has 2 heterocycles. The van der Waals surface area contributed by atoms with Crippen molar-refractivity contribution in [1.82, 2.24) is 20.1 Å². The van der Waals surface area contributed by atoms with Crippen LogP contribution in [0.2, 0.25) is 0 Å². The molecule has 0 fully saturated rings. The summed E-state index contributed by atoms with van der Waals surface area (Å²) in [5.41, 5.74) is 1.13. The number of aromatic nitrogens is 3. The number of hydrogen-bond acceptors (Lipinski definition) is 4. The Labute approximate surface area is 157 Å². The Hall–Kier alpha value is -2.94. The minimum Gasteiger partial charge on any atom is -0.336 e. The maximum atomic E-state index is 12.7. The number of rotatable bonds is 4. The van der Waals surface area contributed by atoms with Gasteiger partial charge in [0.25, 0.3) is 5.56 Å². The van der Waals surface area contributed by atoms with Gasteiger partial charge in [-0.25, -0.2) is 14.5 Å². The van der Waals surface area contributed by atoms with Crippen LogP contribution in [0.25, 0.3) is 16.6 Å². The van der Waals surface area contributed by atoms with Gasteiger partial charge in [0.2, 0.25) is 0 Å². The second kappa shape index (κ2) is 7.12. The average Bonchev–Trinajstić information content (AvgIpc) is 2.91. The van der Waals surface area contributed by atoms with E-state index in [0.29, 0.717) is 22.2 Å². The van der Waals surface area contributed by atoms with Crippen LogP contribution in [-0.2, 0) is 0 Å². The highest BCUT2D eigenvalue weighted by Gasteiger charge is 2.16. The third-order valence-electron chi connectivity index (χ3n) is 3.65. The monoisotopic (exact) mass is 416 g/mol. The second-order valence-electron chi connectivity index (χ2n) is 5.94. The molecule has 0 saturated carbocycles. The lowest BCUT2D eigenvalue weighted by atomic mass is 10.2. The molecule has 2 aromatic heterocycles. The summed E-state index contributed by atoms with van der Waals surface area (Å²) in [6, 6.07) is 6.75. The highest BCUT2D eigenvalue weighted by molar-refractivity contribution is 9.10. The molecule has 0 unspecified atom stereocenters. The van der Waals surface area contributed by atoms with E-state index in [0.717, 1.165) is 10.7 Å². The van der Waals surface area contributed by atoms with Crippen LogP contribution in [0.15, 0.2) is 39.7 Å². The molecule has 0 aliphatic heterocycles. The summed E-state index contributed by atoms with van der Waals surface area (Å²) in [6.07, 6.45) is 2.45. The Kier molecular flexibility index (Phi) is 4.90. The average molecular weight is 417 g/mol. The lowest BCUT2D eigenvalue weighted by molar-refractivity contribution is 0.250. The molecule has 134 valence electrons. The normalized spacial score (nSPS) is 10.9. The van der Waals surface area contributed by atoms with Crippen LogP contribution < -0.4 is 16.2 Å². The highest BCUT2D eigenvalue weighted by Crippen LogP contribution is 2.20. The number of H-pyrrole nitrogens is 1. The van der Waals surface area contributed by atoms with Gasteiger partial charge in [-0.15, -0.1) is 0 Å². The van der Waals surface area contributed by atoms with E-state index >= 15 is 0 Å². The predicted molar refractivity (Wildman–Crippen MR) is 105 cm³/mol. The van der Waals surface area contributed by atoms with Crippen molar-refractivity contribution in [2.45, 2.75) is 19.9 Å². The van der Waals surface area contributed by atoms with Gasteiger partial charge in [-0.1, -0.05) is 15.9 Å². The summed E-state index contributed by atoms with van der Waals surface area (Å²) < 4.78 is 2.28. The van der Waals surface area contributed by atoms with E-state index in [1.165, 1.54) is 10.9 Å². The van der Waals surface area contributed by atoms with Gasteiger partial charge in [-0.2, -0.15) is 0 Å². The largest absolute Gasteiger partial charge is 0.336 e. The number of fused-ring (bicyclic) bond motifs is 1. The number of carbonyl (C=O) groups is 1. The van der Waals surface area contributed by atoms with Crippen LogP contribution in [0.4, 0.5) is 10.6 Å². The Bertz CT molecular complexity index is 1040. The van der Waals surface area contributed by atoms with Crippen molar-refractivity contribution in [3.05, 3.63) is 50.9 Å². The van der Waals surface area contributed by atoms with E-state index < -0.39 is 6.03 Å². The van der Waals surface area contributed by atoms with Gasteiger partial charge in [0.05, 0.1) is 22.2 Å². The fourth-order valence-corrected chi connectivity index (χ4v) is 2.77. The smallest absolute Gasteiger partial charge is 0.320 e. The molecule has 3 aromatic rings. The molecule has 0 spiro atoms. The van der Waals surface area contributed by atoms with Crippen LogP contribution in [0, 0.1) is 5.41 Å². The topological polar surface area (TPSA) is 116 Å². The molecule has 8 nitrogen and oxygen atoms in total. The van der Waals surface area contributed by atoms with Crippen LogP contribution in [0.5, 0.6) is 0 Å². The third-order valence-corrected chi connectivity index (χ3v) is 4.18. The molecular weight excluding hydrogens is 400 g/mol. The van der Waals surface area contributed by atoms with E-state index in [1.807, 2.05) is 26.0 Å². The third kappa shape index (κ3) is 3.38. The fraction of sp³-hybridized carbons (Fsp3) is 0.176. The number of carbonyl (C=O) groups excluding carboxylic acids is 1. The van der Waals surface area contributed by atoms with E-state index in [1.54, 1.807) is 12.1 Å². The molecule has 2 amide bonds. The van der Waals surface area contributed by atoms with E-state index in [4.69, 9.17) is 5.41 Å². The van der Waals surface area contributed by atoms with Crippen molar-refractivity contribution < 1.29 is 4.79 Å². The van der Waals surface area contributed by atoms with Gasteiger partial charge < -0.3 is 10.7 Å². The first-order valence-electron chi connectivity index (χ1n) is 7.88. The minimum atomic E-state index is -0.426. The minimum absolute atomic E-state index is 0.0412. The molecule has 0 bridgehead atoms. The molecule has 3 rings (SSSR count). The first-order valence-corrected chi connectivity index (χ1v) is 8.67. The molecule has 0 radical (unpaired) electrons. The van der Waals surface area contributed by atoms with E-state index in [2.05, 4.69) is 36.6 Å². The maximum Gasteiger partial charge on any atom is 0.320 e. The fourth-order valence-electron chi connectivity index (χ4n) is 2.51. The summed E-state index contributed by atoms with van der Waals surface area (Å²) in [5, 5.41) is 16.3. The number of nitrogens with one attached hydrogen (secondary N) is 4. The van der Waals surface area contributed by atoms with Crippen LogP contribution in [0.1, 0.15) is 19.4 Å². The molecule has 4 N–H and O–H groups in total. The predicted octanol–water partition coefficient (Wildman–Crippen LogP) is 3.00. The van der Waals surface area contributed by atoms with Crippen molar-refractivity contribution >= 4 is 44.9 Å². The van der Waals surface area contributed by atoms with E-state index in [9.17, 15) is 9.59 Å². The number of anilines is 1. The number of urea groups is 1. The lowest BCUT2D eigenvalue weighted by Crippen LogP contribution is -2.34. The molecular formula is C17H17BrN6O2. The Morgan fingerprint density at radius 1 is 1.35 bits per heavy atom. The van der Waals surface area contributed by atoms with E-state index in [-0.39, 0.29) is 17.4 Å². The number of hydrogen-bond donors (Lipinski definition) is 4. The van der Waals surface area contributed by atoms with Gasteiger partial charge >= 0.3 is 6.03 Å². The molecule has 0 aliphatic carbocycles. The van der Waals surface area contributed by atoms with Crippen molar-refractivity contribution in [3.63, 3.8) is 0 Å². The number of aromatic amines is 1. The Morgan fingerprint density at radius 2 is 2.04 bits per heavy atom. The first-order chi connectivity index (χ1) is 12.4. The molecule has 1 aromatic carbocycles. The molecule has 0 saturated heterocycles. The zero-order valence-electron chi connectivity index (χ0n) is 14.1. The van der Waals surface area contributed by atoms with Gasteiger partial charge in [0.1, 0.15) is 5.82 Å². The summed E-state index contributed by atoms with van der Waals surface area (Å²) in [7, 11) is 0. The van der Waals surface area contributed by atoms with Crippen molar-refractivity contribution in [2.75, 3.05) is 5.32 Å². The lowest BCUT2D eigenvalue weighted by Gasteiger charge is -2.11. The SMILES string of the molecule is CC(C)NC(=O)Nc1ncc2c(=O)n(-c3ccc(Br)cc3)[nH]c2c1C=N. The van der Waals surface area contributed by atoms with Gasteiger partial charge in [-0.05, 0) is 38.1 Å². The maximum absolute atomic E-state index is 12.7. The number of halogens is 1. The molecule has 0 atom stereocenters. The second-order valence-corrected chi connectivity index (χ2v) is 6.85. The quantitative estimate of drug-likeness (QED) is 0.489. The molecule has 0 aliphatic rings. The first kappa shape index (κ1) is 17.9. The Morgan fingerprint density at radius 3 is 2.65 bits per heavy atom. The summed E-state index contributed by atoms with van der Waals surface area (Å²) in [5.74, 6) is 0.204. The molecule has 26 heavy (non-hydrogen) atoms.